The van der Waals surface area contributed by atoms with Crippen molar-refractivity contribution in [2.75, 3.05) is 0 Å². The van der Waals surface area contributed by atoms with Crippen LogP contribution >= 0.6 is 11.8 Å². The van der Waals surface area contributed by atoms with Crippen LogP contribution in [0.15, 0.2) is 69.3 Å². The Morgan fingerprint density at radius 3 is 2.54 bits per heavy atom. The average Bonchev–Trinajstić information content (AvgIpc) is 3.02. The van der Waals surface area contributed by atoms with Gasteiger partial charge in [-0.2, -0.15) is 12.8 Å². The first-order valence-electron chi connectivity index (χ1n) is 7.24. The van der Waals surface area contributed by atoms with Crippen molar-refractivity contribution in [3.8, 4) is 0 Å². The van der Waals surface area contributed by atoms with Gasteiger partial charge in [-0.05, 0) is 30.0 Å². The van der Waals surface area contributed by atoms with Crippen LogP contribution in [0.25, 0.3) is 0 Å². The number of rotatable bonds is 4. The number of hydrogen-bond acceptors (Lipinski definition) is 5. The second-order valence-corrected chi connectivity index (χ2v) is 7.67. The van der Waals surface area contributed by atoms with E-state index in [4.69, 9.17) is 0 Å². The van der Waals surface area contributed by atoms with Crippen molar-refractivity contribution in [2.24, 2.45) is 11.4 Å². The highest BCUT2D eigenvalue weighted by Crippen LogP contribution is 2.25. The molecule has 0 bridgehead atoms. The summed E-state index contributed by atoms with van der Waals surface area (Å²) in [6, 6.07) is 10.7. The van der Waals surface area contributed by atoms with Gasteiger partial charge in [0.15, 0.2) is 5.16 Å². The normalized spacial score (nSPS) is 12.3. The number of nitrogens with zero attached hydrogens (tertiary/aromatic N) is 4. The van der Waals surface area contributed by atoms with Gasteiger partial charge in [-0.15, -0.1) is 10.2 Å². The van der Waals surface area contributed by atoms with Crippen LogP contribution in [0, 0.1) is 11.6 Å². The highest BCUT2D eigenvalue weighted by atomic mass is 32.2. The van der Waals surface area contributed by atoms with E-state index >= 15 is 0 Å². The first-order chi connectivity index (χ1) is 12.4. The molecule has 1 aromatic heterocycles. The summed E-state index contributed by atoms with van der Waals surface area (Å²) in [4.78, 5) is -0.829. The summed E-state index contributed by atoms with van der Waals surface area (Å²) in [5.74, 6) is -1.95. The minimum atomic E-state index is -4.48. The highest BCUT2D eigenvalue weighted by molar-refractivity contribution is 8.15. The summed E-state index contributed by atoms with van der Waals surface area (Å²) in [5.41, 5.74) is 0.487. The third-order valence-electron chi connectivity index (χ3n) is 3.25. The van der Waals surface area contributed by atoms with Crippen LogP contribution in [-0.4, -0.2) is 28.2 Å². The van der Waals surface area contributed by atoms with Crippen molar-refractivity contribution in [3.63, 3.8) is 0 Å². The second kappa shape index (κ2) is 7.34. The van der Waals surface area contributed by atoms with Gasteiger partial charge in [0, 0.05) is 12.6 Å². The number of aromatic nitrogens is 3. The van der Waals surface area contributed by atoms with Gasteiger partial charge in [0.25, 0.3) is 10.0 Å². The third-order valence-corrected chi connectivity index (χ3v) is 5.73. The van der Waals surface area contributed by atoms with Crippen LogP contribution in [0.4, 0.5) is 8.78 Å². The van der Waals surface area contributed by atoms with Gasteiger partial charge in [-0.1, -0.05) is 30.3 Å². The fourth-order valence-corrected chi connectivity index (χ4v) is 4.14. The van der Waals surface area contributed by atoms with Gasteiger partial charge in [0.1, 0.15) is 27.9 Å². The lowest BCUT2D eigenvalue weighted by Gasteiger charge is -2.07. The van der Waals surface area contributed by atoms with E-state index in [0.717, 1.165) is 23.9 Å². The standard InChI is InChI=1S/C16H12F2N4O2S2/c1-22-10-19-20-16(22)25-15(11-5-3-2-4-6-11)21-26(23,24)14-9-12(17)7-8-13(14)18/h2-10H,1H3. The van der Waals surface area contributed by atoms with Crippen LogP contribution in [0.1, 0.15) is 5.56 Å². The van der Waals surface area contributed by atoms with E-state index in [1.807, 2.05) is 0 Å². The van der Waals surface area contributed by atoms with Crippen molar-refractivity contribution in [2.45, 2.75) is 10.1 Å². The summed E-state index contributed by atoms with van der Waals surface area (Å²) in [6.45, 7) is 0. The molecule has 6 nitrogen and oxygen atoms in total. The van der Waals surface area contributed by atoms with E-state index in [1.165, 1.54) is 6.33 Å². The van der Waals surface area contributed by atoms with E-state index in [-0.39, 0.29) is 5.04 Å². The average molecular weight is 394 g/mol. The monoisotopic (exact) mass is 394 g/mol. The van der Waals surface area contributed by atoms with Gasteiger partial charge >= 0.3 is 0 Å². The van der Waals surface area contributed by atoms with E-state index in [1.54, 1.807) is 41.9 Å². The van der Waals surface area contributed by atoms with Crippen LogP contribution in [0.5, 0.6) is 0 Å². The molecule has 3 aromatic rings. The maximum Gasteiger partial charge on any atom is 0.286 e. The van der Waals surface area contributed by atoms with Gasteiger partial charge in [-0.3, -0.25) is 0 Å². The molecule has 0 fully saturated rings. The van der Waals surface area contributed by atoms with Crippen LogP contribution < -0.4 is 0 Å². The minimum Gasteiger partial charge on any atom is -0.311 e. The molecule has 10 heteroatoms. The molecule has 2 aromatic carbocycles. The lowest BCUT2D eigenvalue weighted by molar-refractivity contribution is 0.554. The molecule has 0 atom stereocenters. The molecule has 0 aliphatic heterocycles. The second-order valence-electron chi connectivity index (χ2n) is 5.14. The largest absolute Gasteiger partial charge is 0.311 e. The number of halogens is 2. The molecule has 3 rings (SSSR count). The Bertz CT molecular complexity index is 1070. The topological polar surface area (TPSA) is 77.2 Å². The van der Waals surface area contributed by atoms with Crippen LogP contribution in [-0.2, 0) is 17.1 Å². The zero-order valence-electron chi connectivity index (χ0n) is 13.4. The Kier molecular flexibility index (Phi) is 5.14. The zero-order chi connectivity index (χ0) is 18.7. The molecule has 0 saturated heterocycles. The number of benzene rings is 2. The summed E-state index contributed by atoms with van der Waals surface area (Å²) in [6.07, 6.45) is 1.45. The molecule has 0 saturated carbocycles. The molecule has 0 N–H and O–H groups in total. The minimum absolute atomic E-state index is 0.0605. The van der Waals surface area contributed by atoms with Gasteiger partial charge in [0.2, 0.25) is 0 Å². The van der Waals surface area contributed by atoms with Crippen LogP contribution in [0.3, 0.4) is 0 Å². The number of aryl methyl sites for hydroxylation is 1. The molecule has 134 valence electrons. The number of sulfonamides is 1. The van der Waals surface area contributed by atoms with Crippen molar-refractivity contribution in [3.05, 3.63) is 72.1 Å². The van der Waals surface area contributed by atoms with Crippen molar-refractivity contribution >= 4 is 26.8 Å². The molecule has 0 aliphatic rings. The quantitative estimate of drug-likeness (QED) is 0.386. The van der Waals surface area contributed by atoms with Crippen molar-refractivity contribution in [1.82, 2.24) is 14.8 Å². The third kappa shape index (κ3) is 3.97. The first-order valence-corrected chi connectivity index (χ1v) is 9.50. The summed E-state index contributed by atoms with van der Waals surface area (Å²) < 4.78 is 57.7. The fourth-order valence-electron chi connectivity index (χ4n) is 2.00. The maximum atomic E-state index is 13.9. The summed E-state index contributed by atoms with van der Waals surface area (Å²) in [7, 11) is -2.80. The van der Waals surface area contributed by atoms with E-state index in [0.29, 0.717) is 16.8 Å². The highest BCUT2D eigenvalue weighted by Gasteiger charge is 2.22. The van der Waals surface area contributed by atoms with E-state index in [2.05, 4.69) is 14.6 Å². The lowest BCUT2D eigenvalue weighted by atomic mass is 10.2. The number of hydrogen-bond donors (Lipinski definition) is 0. The number of thioether (sulfide) groups is 1. The molecule has 26 heavy (non-hydrogen) atoms. The molecule has 0 radical (unpaired) electrons. The van der Waals surface area contributed by atoms with Gasteiger partial charge in [0.05, 0.1) is 0 Å². The molecule has 1 heterocycles. The Balaban J connectivity index is 2.11. The Morgan fingerprint density at radius 1 is 1.15 bits per heavy atom. The van der Waals surface area contributed by atoms with Crippen molar-refractivity contribution < 1.29 is 17.2 Å². The van der Waals surface area contributed by atoms with Gasteiger partial charge in [-0.25, -0.2) is 8.78 Å². The Hall–Kier alpha value is -2.59. The molecule has 0 spiro atoms. The molecular formula is C16H12F2N4O2S2. The van der Waals surface area contributed by atoms with E-state index < -0.39 is 26.6 Å². The fraction of sp³-hybridized carbons (Fsp3) is 0.0625. The molecule has 0 aliphatic carbocycles. The first kappa shape index (κ1) is 18.2. The Morgan fingerprint density at radius 2 is 1.88 bits per heavy atom. The SMILES string of the molecule is Cn1cnnc1SC(=NS(=O)(=O)c1cc(F)ccc1F)c1ccccc1. The maximum absolute atomic E-state index is 13.9. The molecule has 0 unspecified atom stereocenters. The molecule has 0 amide bonds. The van der Waals surface area contributed by atoms with Crippen LogP contribution in [0.2, 0.25) is 0 Å². The zero-order valence-corrected chi connectivity index (χ0v) is 15.0. The van der Waals surface area contributed by atoms with Gasteiger partial charge < -0.3 is 4.57 Å². The smallest absolute Gasteiger partial charge is 0.286 e. The summed E-state index contributed by atoms with van der Waals surface area (Å²) >= 11 is 0.951. The predicted molar refractivity (Wildman–Crippen MR) is 93.4 cm³/mol. The van der Waals surface area contributed by atoms with E-state index in [9.17, 15) is 17.2 Å². The lowest BCUT2D eigenvalue weighted by Crippen LogP contribution is -2.07. The predicted octanol–water partition coefficient (Wildman–Crippen LogP) is 3.02. The summed E-state index contributed by atoms with van der Waals surface area (Å²) in [5, 5.41) is 8.06. The van der Waals surface area contributed by atoms with Crippen molar-refractivity contribution in [1.29, 1.82) is 0 Å². The molecular weight excluding hydrogens is 382 g/mol. The Labute approximate surface area is 152 Å².